The van der Waals surface area contributed by atoms with Crippen LogP contribution in [0.1, 0.15) is 11.7 Å². The number of likely N-dealkylation sites (N-methyl/N-ethyl adjacent to an activating group) is 1. The Morgan fingerprint density at radius 3 is 2.71 bits per heavy atom. The molecule has 1 N–H and O–H groups in total. The number of rotatable bonds is 8. The maximum Gasteiger partial charge on any atom is 0.255 e. The number of halogens is 1. The number of carbonyl (C=O) groups excluding carboxylic acids is 1. The Morgan fingerprint density at radius 1 is 1.29 bits per heavy atom. The van der Waals surface area contributed by atoms with Crippen LogP contribution in [-0.4, -0.2) is 59.2 Å². The van der Waals surface area contributed by atoms with E-state index in [2.05, 4.69) is 29.6 Å². The van der Waals surface area contributed by atoms with Gasteiger partial charge in [-0.15, -0.1) is 0 Å². The number of carbonyl (C=O) groups is 1. The second-order valence-corrected chi connectivity index (χ2v) is 15.0. The van der Waals surface area contributed by atoms with Gasteiger partial charge in [-0.1, -0.05) is 31.2 Å². The molecule has 7 nitrogen and oxygen atoms in total. The summed E-state index contributed by atoms with van der Waals surface area (Å²) in [7, 11) is 2.06. The minimum Gasteiger partial charge on any atom is -0.378 e. The van der Waals surface area contributed by atoms with Crippen molar-refractivity contribution in [1.29, 1.82) is 0 Å². The molecule has 0 saturated heterocycles. The van der Waals surface area contributed by atoms with Gasteiger partial charge in [-0.05, 0) is 18.2 Å². The summed E-state index contributed by atoms with van der Waals surface area (Å²) >= 11 is 6.70. The lowest BCUT2D eigenvalue weighted by molar-refractivity contribution is -0.137. The van der Waals surface area contributed by atoms with E-state index in [1.54, 1.807) is 32.6 Å². The minimum atomic E-state index is -1.28. The van der Waals surface area contributed by atoms with Gasteiger partial charge < -0.3 is 19.3 Å². The summed E-state index contributed by atoms with van der Waals surface area (Å²) in [5, 5.41) is 11.7. The standard InChI is InChI=1S/C22H29ClN4O3Si/c1-26(2)22(29)20(28)16-10-15(11-24-12-16)18-13-25-21-17(19(18)23)6-7-27(21)14-30-8-9-31(3,4)5/h6-7,10-13,20,28H,8-9,14H2,1-5H3. The fourth-order valence-electron chi connectivity index (χ4n) is 3.10. The van der Waals surface area contributed by atoms with Crippen molar-refractivity contribution in [2.45, 2.75) is 38.5 Å². The van der Waals surface area contributed by atoms with Crippen LogP contribution in [0.15, 0.2) is 36.9 Å². The molecule has 3 rings (SSSR count). The molecule has 31 heavy (non-hydrogen) atoms. The lowest BCUT2D eigenvalue weighted by Gasteiger charge is -2.16. The number of nitrogens with zero attached hydrogens (tertiary/aromatic N) is 4. The number of aliphatic hydroxyl groups is 1. The van der Waals surface area contributed by atoms with Crippen molar-refractivity contribution in [2.75, 3.05) is 20.7 Å². The Kier molecular flexibility index (Phi) is 7.16. The van der Waals surface area contributed by atoms with Gasteiger partial charge in [0.15, 0.2) is 6.10 Å². The number of hydrogen-bond donors (Lipinski definition) is 1. The van der Waals surface area contributed by atoms with Crippen molar-refractivity contribution in [2.24, 2.45) is 0 Å². The molecule has 3 aromatic rings. The molecule has 1 unspecified atom stereocenters. The molecule has 1 atom stereocenters. The van der Waals surface area contributed by atoms with Crippen molar-refractivity contribution in [3.8, 4) is 11.1 Å². The molecule has 0 aliphatic heterocycles. The quantitative estimate of drug-likeness (QED) is 0.402. The topological polar surface area (TPSA) is 80.5 Å². The molecular formula is C22H29ClN4O3Si. The van der Waals surface area contributed by atoms with Crippen LogP contribution in [0.4, 0.5) is 0 Å². The first-order valence-electron chi connectivity index (χ1n) is 10.1. The molecule has 3 aromatic heterocycles. The van der Waals surface area contributed by atoms with Gasteiger partial charge in [0.1, 0.15) is 12.4 Å². The van der Waals surface area contributed by atoms with Gasteiger partial charge in [0.05, 0.1) is 5.02 Å². The van der Waals surface area contributed by atoms with Gasteiger partial charge in [0.25, 0.3) is 5.91 Å². The first-order valence-corrected chi connectivity index (χ1v) is 14.2. The van der Waals surface area contributed by atoms with E-state index in [1.807, 2.05) is 16.8 Å². The Morgan fingerprint density at radius 2 is 2.03 bits per heavy atom. The number of aromatic nitrogens is 3. The summed E-state index contributed by atoms with van der Waals surface area (Å²) in [6, 6.07) is 4.73. The van der Waals surface area contributed by atoms with Crippen LogP contribution in [-0.2, 0) is 16.3 Å². The number of fused-ring (bicyclic) bond motifs is 1. The largest absolute Gasteiger partial charge is 0.378 e. The SMILES string of the molecule is CN(C)C(=O)C(O)c1cncc(-c2cnc3c(ccn3COCC[Si](C)(C)C)c2Cl)c1. The van der Waals surface area contributed by atoms with Crippen LogP contribution in [0.3, 0.4) is 0 Å². The number of ether oxygens (including phenoxy) is 1. The second kappa shape index (κ2) is 9.48. The lowest BCUT2D eigenvalue weighted by atomic mass is 10.0. The van der Waals surface area contributed by atoms with Crippen LogP contribution < -0.4 is 0 Å². The molecule has 0 fully saturated rings. The lowest BCUT2D eigenvalue weighted by Crippen LogP contribution is -2.28. The maximum atomic E-state index is 12.1. The van der Waals surface area contributed by atoms with Gasteiger partial charge >= 0.3 is 0 Å². The molecule has 166 valence electrons. The first kappa shape index (κ1) is 23.4. The van der Waals surface area contributed by atoms with E-state index >= 15 is 0 Å². The Balaban J connectivity index is 1.84. The first-order chi connectivity index (χ1) is 14.6. The highest BCUT2D eigenvalue weighted by atomic mass is 35.5. The second-order valence-electron chi connectivity index (χ2n) is 9.00. The number of hydrogen-bond acceptors (Lipinski definition) is 5. The van der Waals surface area contributed by atoms with Gasteiger partial charge in [-0.25, -0.2) is 4.98 Å². The molecule has 0 bridgehead atoms. The molecular weight excluding hydrogens is 432 g/mol. The maximum absolute atomic E-state index is 12.1. The summed E-state index contributed by atoms with van der Waals surface area (Å²) in [6.07, 6.45) is 5.43. The van der Waals surface area contributed by atoms with Gasteiger partial charge in [-0.2, -0.15) is 0 Å². The Hall–Kier alpha value is -2.26. The van der Waals surface area contributed by atoms with Crippen LogP contribution in [0.2, 0.25) is 30.7 Å². The highest BCUT2D eigenvalue weighted by molar-refractivity contribution is 6.76. The fraction of sp³-hybridized carbons (Fsp3) is 0.409. The number of aliphatic hydroxyl groups excluding tert-OH is 1. The average Bonchev–Trinajstić information content (AvgIpc) is 3.13. The molecule has 1 amide bonds. The molecule has 0 aliphatic carbocycles. The summed E-state index contributed by atoms with van der Waals surface area (Å²) in [5.74, 6) is -0.412. The van der Waals surface area contributed by atoms with E-state index in [0.717, 1.165) is 23.7 Å². The molecule has 0 spiro atoms. The van der Waals surface area contributed by atoms with E-state index in [-0.39, 0.29) is 0 Å². The summed E-state index contributed by atoms with van der Waals surface area (Å²) in [6.45, 7) is 8.12. The number of amides is 1. The molecule has 9 heteroatoms. The fourth-order valence-corrected chi connectivity index (χ4v) is 4.16. The van der Waals surface area contributed by atoms with Gasteiger partial charge in [0.2, 0.25) is 0 Å². The third-order valence-corrected chi connectivity index (χ3v) is 7.12. The van der Waals surface area contributed by atoms with E-state index in [1.165, 1.54) is 11.1 Å². The zero-order valence-electron chi connectivity index (χ0n) is 18.6. The van der Waals surface area contributed by atoms with Crippen molar-refractivity contribution in [1.82, 2.24) is 19.4 Å². The highest BCUT2D eigenvalue weighted by Crippen LogP contribution is 2.34. The van der Waals surface area contributed by atoms with Crippen LogP contribution in [0.25, 0.3) is 22.2 Å². The predicted molar refractivity (Wildman–Crippen MR) is 126 cm³/mol. The zero-order chi connectivity index (χ0) is 22.8. The van der Waals surface area contributed by atoms with Crippen LogP contribution in [0.5, 0.6) is 0 Å². The van der Waals surface area contributed by atoms with Crippen molar-refractivity contribution < 1.29 is 14.6 Å². The summed E-state index contributed by atoms with van der Waals surface area (Å²) in [4.78, 5) is 22.2. The molecule has 0 saturated carbocycles. The summed E-state index contributed by atoms with van der Waals surface area (Å²) in [5.41, 5.74) is 2.52. The minimum absolute atomic E-state index is 0.403. The van der Waals surface area contributed by atoms with Crippen LogP contribution in [0, 0.1) is 0 Å². The monoisotopic (exact) mass is 460 g/mol. The third-order valence-electron chi connectivity index (χ3n) is 5.01. The van der Waals surface area contributed by atoms with E-state index in [4.69, 9.17) is 16.3 Å². The van der Waals surface area contributed by atoms with Crippen molar-refractivity contribution >= 4 is 36.6 Å². The predicted octanol–water partition coefficient (Wildman–Crippen LogP) is 4.19. The summed E-state index contributed by atoms with van der Waals surface area (Å²) < 4.78 is 7.78. The normalized spacial score (nSPS) is 12.9. The van der Waals surface area contributed by atoms with Crippen molar-refractivity contribution in [3.05, 3.63) is 47.5 Å². The number of pyridine rings is 2. The molecule has 0 aliphatic rings. The Bertz CT molecular complexity index is 1080. The van der Waals surface area contributed by atoms with Gasteiger partial charge in [-0.3, -0.25) is 9.78 Å². The molecule has 3 heterocycles. The van der Waals surface area contributed by atoms with Gasteiger partial charge in [0, 0.05) is 75.6 Å². The smallest absolute Gasteiger partial charge is 0.255 e. The highest BCUT2D eigenvalue weighted by Gasteiger charge is 2.21. The van der Waals surface area contributed by atoms with Crippen molar-refractivity contribution in [3.63, 3.8) is 0 Å². The van der Waals surface area contributed by atoms with E-state index in [9.17, 15) is 9.90 Å². The molecule has 0 aromatic carbocycles. The third kappa shape index (κ3) is 5.51. The Labute approximate surface area is 188 Å². The molecule has 0 radical (unpaired) electrons. The average molecular weight is 461 g/mol. The van der Waals surface area contributed by atoms with E-state index in [0.29, 0.717) is 28.4 Å². The van der Waals surface area contributed by atoms with E-state index < -0.39 is 20.1 Å². The van der Waals surface area contributed by atoms with Crippen LogP contribution >= 0.6 is 11.6 Å². The zero-order valence-corrected chi connectivity index (χ0v) is 20.3.